The van der Waals surface area contributed by atoms with Gasteiger partial charge in [-0.05, 0) is 0 Å². The minimum Gasteiger partial charge on any atom is -0.348 e. The molecular weight excluding hydrogens is 134 g/mol. The van der Waals surface area contributed by atoms with Crippen molar-refractivity contribution in [2.75, 3.05) is 7.05 Å². The van der Waals surface area contributed by atoms with Gasteiger partial charge in [-0.1, -0.05) is 5.11 Å². The highest BCUT2D eigenvalue weighted by Gasteiger charge is 1.90. The number of carbonyl (C=O) groups excluding carboxylic acids is 1. The summed E-state index contributed by atoms with van der Waals surface area (Å²) >= 11 is 0. The highest BCUT2D eigenvalue weighted by Crippen LogP contribution is 1.79. The second kappa shape index (κ2) is 4.14. The van der Waals surface area contributed by atoms with Crippen LogP contribution in [0, 0.1) is 11.3 Å². The predicted molar refractivity (Wildman–Crippen MR) is 33.4 cm³/mol. The molecule has 2 N–H and O–H groups in total. The molecule has 0 fully saturated rings. The van der Waals surface area contributed by atoms with Gasteiger partial charge in [0.05, 0.1) is 0 Å². The van der Waals surface area contributed by atoms with Crippen LogP contribution in [0.5, 0.6) is 0 Å². The van der Waals surface area contributed by atoms with Gasteiger partial charge in [-0.25, -0.2) is 4.79 Å². The number of aliphatic imine (C=N–C) groups is 1. The summed E-state index contributed by atoms with van der Waals surface area (Å²) in [6, 6.07) is 0.641. The number of primary amides is 1. The summed E-state index contributed by atoms with van der Waals surface area (Å²) in [6.07, 6.45) is 0. The highest BCUT2D eigenvalue weighted by molar-refractivity contribution is 5.97. The van der Waals surface area contributed by atoms with Crippen LogP contribution in [0.4, 0.5) is 4.79 Å². The van der Waals surface area contributed by atoms with Crippen molar-refractivity contribution in [3.63, 3.8) is 0 Å². The van der Waals surface area contributed by atoms with Gasteiger partial charge in [-0.3, -0.25) is 4.99 Å². The number of nitriles is 1. The summed E-state index contributed by atoms with van der Waals surface area (Å²) in [6.45, 7) is 0. The van der Waals surface area contributed by atoms with Crippen LogP contribution in [0.2, 0.25) is 0 Å². The maximum absolute atomic E-state index is 9.93. The number of amidine groups is 1. The van der Waals surface area contributed by atoms with Crippen molar-refractivity contribution in [2.24, 2.45) is 21.0 Å². The first-order valence-electron chi connectivity index (χ1n) is 2.28. The van der Waals surface area contributed by atoms with Crippen LogP contribution >= 0.6 is 0 Å². The average molecular weight is 139 g/mol. The first-order valence-corrected chi connectivity index (χ1v) is 2.28. The number of amides is 2. The van der Waals surface area contributed by atoms with Gasteiger partial charge in [0, 0.05) is 7.05 Å². The number of hydrogen-bond donors (Lipinski definition) is 1. The largest absolute Gasteiger partial charge is 0.357 e. The fraction of sp³-hybridized carbons (Fsp3) is 0.250. The van der Waals surface area contributed by atoms with Crippen molar-refractivity contribution in [1.82, 2.24) is 0 Å². The van der Waals surface area contributed by atoms with Crippen molar-refractivity contribution in [3.05, 3.63) is 0 Å². The molecular formula is C4H5N5O. The summed E-state index contributed by atoms with van der Waals surface area (Å²) in [5.41, 5.74) is 4.59. The minimum absolute atomic E-state index is 0.182. The van der Waals surface area contributed by atoms with E-state index in [1.165, 1.54) is 7.05 Å². The molecule has 0 aliphatic carbocycles. The zero-order valence-corrected chi connectivity index (χ0v) is 5.27. The van der Waals surface area contributed by atoms with Crippen LogP contribution in [-0.2, 0) is 0 Å². The van der Waals surface area contributed by atoms with Crippen molar-refractivity contribution >= 4 is 11.9 Å². The Labute approximate surface area is 57.1 Å². The quantitative estimate of drug-likeness (QED) is 0.291. The Balaban J connectivity index is 4.16. The first kappa shape index (κ1) is 8.23. The molecule has 2 amide bonds. The molecule has 10 heavy (non-hydrogen) atoms. The summed E-state index contributed by atoms with van der Waals surface area (Å²) in [5, 5.41) is 14.1. The van der Waals surface area contributed by atoms with E-state index in [0.717, 1.165) is 0 Å². The Morgan fingerprint density at radius 1 is 1.60 bits per heavy atom. The van der Waals surface area contributed by atoms with E-state index in [4.69, 9.17) is 5.26 Å². The van der Waals surface area contributed by atoms with Gasteiger partial charge in [0.25, 0.3) is 0 Å². The molecule has 6 nitrogen and oxygen atoms in total. The molecule has 0 atom stereocenters. The molecule has 0 saturated heterocycles. The van der Waals surface area contributed by atoms with E-state index >= 15 is 0 Å². The van der Waals surface area contributed by atoms with Crippen molar-refractivity contribution < 1.29 is 4.79 Å². The lowest BCUT2D eigenvalue weighted by Gasteiger charge is -1.79. The summed E-state index contributed by atoms with van der Waals surface area (Å²) in [7, 11) is 1.36. The maximum Gasteiger partial charge on any atom is 0.357 e. The zero-order chi connectivity index (χ0) is 7.98. The normalized spacial score (nSPS) is 11.4. The average Bonchev–Trinajstić information content (AvgIpc) is 1.90. The molecule has 0 aliphatic rings. The van der Waals surface area contributed by atoms with Crippen LogP contribution in [0.1, 0.15) is 0 Å². The van der Waals surface area contributed by atoms with Gasteiger partial charge in [0.15, 0.2) is 0 Å². The van der Waals surface area contributed by atoms with Crippen LogP contribution in [0.15, 0.2) is 15.2 Å². The molecule has 0 saturated carbocycles. The lowest BCUT2D eigenvalue weighted by molar-refractivity contribution is 0.255. The van der Waals surface area contributed by atoms with Crippen molar-refractivity contribution in [1.29, 1.82) is 5.26 Å². The molecule has 52 valence electrons. The number of hydrogen-bond acceptors (Lipinski definition) is 3. The van der Waals surface area contributed by atoms with E-state index in [1.807, 2.05) is 0 Å². The molecule has 0 spiro atoms. The molecule has 0 aromatic rings. The minimum atomic E-state index is -0.948. The molecule has 0 aromatic carbocycles. The third kappa shape index (κ3) is 3.26. The SMILES string of the molecule is CN=C(C#N)N=NC(N)=O. The molecule has 0 aliphatic heterocycles. The van der Waals surface area contributed by atoms with E-state index in [9.17, 15) is 4.79 Å². The van der Waals surface area contributed by atoms with Crippen molar-refractivity contribution in [2.45, 2.75) is 0 Å². The van der Waals surface area contributed by atoms with E-state index in [1.54, 1.807) is 6.07 Å². The Kier molecular flexibility index (Phi) is 3.41. The van der Waals surface area contributed by atoms with E-state index in [-0.39, 0.29) is 5.84 Å². The third-order valence-electron chi connectivity index (χ3n) is 0.555. The van der Waals surface area contributed by atoms with Gasteiger partial charge in [-0.2, -0.15) is 5.26 Å². The molecule has 0 radical (unpaired) electrons. The lowest BCUT2D eigenvalue weighted by atomic mass is 10.7. The monoisotopic (exact) mass is 139 g/mol. The number of nitrogens with two attached hydrogens (primary N) is 1. The highest BCUT2D eigenvalue weighted by atomic mass is 16.2. The van der Waals surface area contributed by atoms with Gasteiger partial charge >= 0.3 is 6.03 Å². The lowest BCUT2D eigenvalue weighted by Crippen LogP contribution is -2.03. The second-order valence-corrected chi connectivity index (χ2v) is 1.20. The summed E-state index contributed by atoms with van der Waals surface area (Å²) in [5.74, 6) is -0.182. The molecule has 0 rings (SSSR count). The number of carbonyl (C=O) groups is 1. The van der Waals surface area contributed by atoms with E-state index < -0.39 is 6.03 Å². The predicted octanol–water partition coefficient (Wildman–Crippen LogP) is 0.0692. The Bertz CT molecular complexity index is 222. The number of urea groups is 1. The fourth-order valence-electron chi connectivity index (χ4n) is 0.214. The van der Waals surface area contributed by atoms with Gasteiger partial charge in [0.2, 0.25) is 5.84 Å². The van der Waals surface area contributed by atoms with Crippen LogP contribution in [0.25, 0.3) is 0 Å². The smallest absolute Gasteiger partial charge is 0.348 e. The Morgan fingerprint density at radius 3 is 2.50 bits per heavy atom. The number of nitrogens with zero attached hydrogens (tertiary/aromatic N) is 4. The van der Waals surface area contributed by atoms with Crippen LogP contribution in [-0.4, -0.2) is 18.9 Å². The van der Waals surface area contributed by atoms with E-state index in [0.29, 0.717) is 0 Å². The van der Waals surface area contributed by atoms with Crippen molar-refractivity contribution in [3.8, 4) is 6.07 Å². The van der Waals surface area contributed by atoms with Gasteiger partial charge in [-0.15, -0.1) is 5.11 Å². The molecule has 0 aromatic heterocycles. The molecule has 0 unspecified atom stereocenters. The second-order valence-electron chi connectivity index (χ2n) is 1.20. The summed E-state index contributed by atoms with van der Waals surface area (Å²) in [4.78, 5) is 13.3. The van der Waals surface area contributed by atoms with Crippen LogP contribution < -0.4 is 5.73 Å². The molecule has 0 heterocycles. The molecule has 0 bridgehead atoms. The topological polar surface area (TPSA) is 104 Å². The third-order valence-corrected chi connectivity index (χ3v) is 0.555. The number of azo groups is 1. The van der Waals surface area contributed by atoms with Gasteiger partial charge < -0.3 is 5.73 Å². The fourth-order valence-corrected chi connectivity index (χ4v) is 0.214. The first-order chi connectivity index (χ1) is 4.70. The Hall–Kier alpha value is -1.77. The Morgan fingerprint density at radius 2 is 2.20 bits per heavy atom. The summed E-state index contributed by atoms with van der Waals surface area (Å²) < 4.78 is 0. The zero-order valence-electron chi connectivity index (χ0n) is 5.27. The number of rotatable bonds is 0. The maximum atomic E-state index is 9.93. The molecule has 6 heteroatoms. The van der Waals surface area contributed by atoms with E-state index in [2.05, 4.69) is 21.0 Å². The standard InChI is InChI=1S/C4H5N5O/c1-7-3(2-5)8-9-4(6)10/h1H3,(H2,6,10). The van der Waals surface area contributed by atoms with Gasteiger partial charge in [0.1, 0.15) is 6.07 Å². The van der Waals surface area contributed by atoms with Crippen LogP contribution in [0.3, 0.4) is 0 Å².